The fourth-order valence-corrected chi connectivity index (χ4v) is 2.51. The van der Waals surface area contributed by atoms with Crippen molar-refractivity contribution < 1.29 is 0 Å². The number of fused-ring (bicyclic) bond motifs is 1. The van der Waals surface area contributed by atoms with Gasteiger partial charge in [0.1, 0.15) is 0 Å². The SMILES string of the molecule is CC(Nc1ccc2[nH]c(=O)[nH]c2c1)c1cncs1. The third-order valence-corrected chi connectivity index (χ3v) is 3.74. The van der Waals surface area contributed by atoms with Crippen LogP contribution in [0.5, 0.6) is 0 Å². The van der Waals surface area contributed by atoms with Gasteiger partial charge in [-0.1, -0.05) is 0 Å². The molecular weight excluding hydrogens is 248 g/mol. The van der Waals surface area contributed by atoms with Crippen LogP contribution in [-0.4, -0.2) is 15.0 Å². The summed E-state index contributed by atoms with van der Waals surface area (Å²) in [6.45, 7) is 2.08. The summed E-state index contributed by atoms with van der Waals surface area (Å²) in [7, 11) is 0. The maximum Gasteiger partial charge on any atom is 0.323 e. The van der Waals surface area contributed by atoms with Crippen LogP contribution in [0, 0.1) is 0 Å². The van der Waals surface area contributed by atoms with E-state index in [9.17, 15) is 4.79 Å². The summed E-state index contributed by atoms with van der Waals surface area (Å²) in [5, 5.41) is 3.38. The van der Waals surface area contributed by atoms with Crippen LogP contribution in [0.3, 0.4) is 0 Å². The van der Waals surface area contributed by atoms with Crippen LogP contribution in [-0.2, 0) is 0 Å². The molecule has 2 heterocycles. The molecule has 2 aromatic heterocycles. The molecule has 0 spiro atoms. The highest BCUT2D eigenvalue weighted by Crippen LogP contribution is 2.23. The zero-order valence-electron chi connectivity index (χ0n) is 9.73. The Kier molecular flexibility index (Phi) is 2.64. The number of H-pyrrole nitrogens is 2. The number of benzene rings is 1. The number of anilines is 1. The quantitative estimate of drug-likeness (QED) is 0.677. The van der Waals surface area contributed by atoms with Crippen LogP contribution >= 0.6 is 11.3 Å². The Morgan fingerprint density at radius 3 is 2.94 bits per heavy atom. The van der Waals surface area contributed by atoms with Gasteiger partial charge in [0.15, 0.2) is 0 Å². The van der Waals surface area contributed by atoms with Crippen LogP contribution < -0.4 is 11.0 Å². The molecule has 0 aliphatic rings. The lowest BCUT2D eigenvalue weighted by atomic mass is 10.2. The number of aromatic amines is 2. The van der Waals surface area contributed by atoms with Crippen LogP contribution in [0.4, 0.5) is 5.69 Å². The predicted molar refractivity (Wildman–Crippen MR) is 73.1 cm³/mol. The molecule has 1 aromatic carbocycles. The molecule has 0 saturated carbocycles. The number of hydrogen-bond acceptors (Lipinski definition) is 4. The van der Waals surface area contributed by atoms with E-state index in [-0.39, 0.29) is 11.7 Å². The van der Waals surface area contributed by atoms with Gasteiger partial charge in [0, 0.05) is 16.8 Å². The zero-order chi connectivity index (χ0) is 12.5. The minimum absolute atomic E-state index is 0.183. The van der Waals surface area contributed by atoms with E-state index in [0.717, 1.165) is 16.7 Å². The second kappa shape index (κ2) is 4.30. The molecule has 0 aliphatic carbocycles. The molecule has 6 heteroatoms. The van der Waals surface area contributed by atoms with Gasteiger partial charge in [-0.2, -0.15) is 0 Å². The number of thiazole rings is 1. The lowest BCUT2D eigenvalue weighted by molar-refractivity contribution is 0.904. The zero-order valence-corrected chi connectivity index (χ0v) is 10.5. The van der Waals surface area contributed by atoms with Gasteiger partial charge < -0.3 is 15.3 Å². The summed E-state index contributed by atoms with van der Waals surface area (Å²) in [5.74, 6) is 0. The van der Waals surface area contributed by atoms with Crippen molar-refractivity contribution in [2.75, 3.05) is 5.32 Å². The van der Waals surface area contributed by atoms with Gasteiger partial charge in [-0.3, -0.25) is 4.98 Å². The van der Waals surface area contributed by atoms with Crippen molar-refractivity contribution in [3.63, 3.8) is 0 Å². The highest BCUT2D eigenvalue weighted by Gasteiger charge is 2.07. The van der Waals surface area contributed by atoms with Gasteiger partial charge >= 0.3 is 5.69 Å². The number of hydrogen-bond donors (Lipinski definition) is 3. The highest BCUT2D eigenvalue weighted by atomic mass is 32.1. The molecule has 0 saturated heterocycles. The molecule has 92 valence electrons. The largest absolute Gasteiger partial charge is 0.378 e. The maximum atomic E-state index is 11.2. The number of imidazole rings is 1. The van der Waals surface area contributed by atoms with Crippen LogP contribution in [0.1, 0.15) is 17.8 Å². The van der Waals surface area contributed by atoms with Crippen molar-refractivity contribution in [3.8, 4) is 0 Å². The van der Waals surface area contributed by atoms with Gasteiger partial charge in [0.25, 0.3) is 0 Å². The third-order valence-electron chi connectivity index (χ3n) is 2.78. The van der Waals surface area contributed by atoms with Crippen LogP contribution in [0.2, 0.25) is 0 Å². The van der Waals surface area contributed by atoms with Crippen molar-refractivity contribution in [3.05, 3.63) is 45.3 Å². The first kappa shape index (κ1) is 11.0. The first-order valence-corrected chi connectivity index (χ1v) is 6.47. The Bertz CT molecular complexity index is 713. The van der Waals surface area contributed by atoms with Crippen molar-refractivity contribution in [1.82, 2.24) is 15.0 Å². The monoisotopic (exact) mass is 260 g/mol. The summed E-state index contributed by atoms with van der Waals surface area (Å²) >= 11 is 1.62. The van der Waals surface area contributed by atoms with E-state index < -0.39 is 0 Å². The van der Waals surface area contributed by atoms with Gasteiger partial charge in [0.2, 0.25) is 0 Å². The molecule has 3 N–H and O–H groups in total. The molecule has 1 unspecified atom stereocenters. The van der Waals surface area contributed by atoms with Gasteiger partial charge in [0.05, 0.1) is 22.6 Å². The first-order chi connectivity index (χ1) is 8.72. The van der Waals surface area contributed by atoms with E-state index >= 15 is 0 Å². The maximum absolute atomic E-state index is 11.2. The summed E-state index contributed by atoms with van der Waals surface area (Å²) in [5.41, 5.74) is 4.23. The molecule has 3 rings (SSSR count). The molecule has 0 aliphatic heterocycles. The molecule has 0 radical (unpaired) electrons. The van der Waals surface area contributed by atoms with E-state index in [1.807, 2.05) is 29.9 Å². The normalized spacial score (nSPS) is 12.7. The van der Waals surface area contributed by atoms with Crippen molar-refractivity contribution in [2.45, 2.75) is 13.0 Å². The second-order valence-electron chi connectivity index (χ2n) is 4.11. The van der Waals surface area contributed by atoms with E-state index in [1.165, 1.54) is 4.88 Å². The van der Waals surface area contributed by atoms with Crippen LogP contribution in [0.25, 0.3) is 11.0 Å². The van der Waals surface area contributed by atoms with E-state index in [4.69, 9.17) is 0 Å². The number of aromatic nitrogens is 3. The summed E-state index contributed by atoms with van der Waals surface area (Å²) in [6.07, 6.45) is 1.86. The van der Waals surface area contributed by atoms with E-state index in [0.29, 0.717) is 0 Å². The highest BCUT2D eigenvalue weighted by molar-refractivity contribution is 7.09. The average Bonchev–Trinajstić information content (AvgIpc) is 2.95. The Labute approximate surface area is 107 Å². The molecule has 18 heavy (non-hydrogen) atoms. The lowest BCUT2D eigenvalue weighted by Crippen LogP contribution is -2.04. The Hall–Kier alpha value is -2.08. The van der Waals surface area contributed by atoms with Gasteiger partial charge in [-0.15, -0.1) is 11.3 Å². The second-order valence-corrected chi connectivity index (χ2v) is 5.03. The van der Waals surface area contributed by atoms with E-state index in [1.54, 1.807) is 11.3 Å². The number of nitrogens with one attached hydrogen (secondary N) is 3. The fraction of sp³-hybridized carbons (Fsp3) is 0.167. The Balaban J connectivity index is 1.88. The van der Waals surface area contributed by atoms with Gasteiger partial charge in [-0.25, -0.2) is 4.79 Å². The van der Waals surface area contributed by atoms with Crippen molar-refractivity contribution >= 4 is 28.1 Å². The molecule has 0 fully saturated rings. The molecule has 0 bridgehead atoms. The minimum atomic E-state index is -0.183. The average molecular weight is 260 g/mol. The molecule has 5 nitrogen and oxygen atoms in total. The molecular formula is C12H12N4OS. The first-order valence-electron chi connectivity index (χ1n) is 5.59. The Morgan fingerprint density at radius 1 is 1.33 bits per heavy atom. The number of nitrogens with zero attached hydrogens (tertiary/aromatic N) is 1. The van der Waals surface area contributed by atoms with Crippen LogP contribution in [0.15, 0.2) is 34.7 Å². The smallest absolute Gasteiger partial charge is 0.323 e. The standard InChI is InChI=1S/C12H12N4OS/c1-7(11-5-13-6-18-11)14-8-2-3-9-10(4-8)16-12(17)15-9/h2-7,14H,1H3,(H2,15,16,17). The van der Waals surface area contributed by atoms with Crippen molar-refractivity contribution in [1.29, 1.82) is 0 Å². The summed E-state index contributed by atoms with van der Waals surface area (Å²) in [4.78, 5) is 21.9. The van der Waals surface area contributed by atoms with E-state index in [2.05, 4.69) is 27.2 Å². The van der Waals surface area contributed by atoms with Gasteiger partial charge in [-0.05, 0) is 25.1 Å². The molecule has 0 amide bonds. The lowest BCUT2D eigenvalue weighted by Gasteiger charge is -2.13. The molecule has 1 atom stereocenters. The topological polar surface area (TPSA) is 73.6 Å². The summed E-state index contributed by atoms with van der Waals surface area (Å²) in [6, 6.07) is 5.95. The third kappa shape index (κ3) is 2.02. The predicted octanol–water partition coefficient (Wildman–Crippen LogP) is 2.49. The van der Waals surface area contributed by atoms with Crippen molar-refractivity contribution in [2.24, 2.45) is 0 Å². The Morgan fingerprint density at radius 2 is 2.17 bits per heavy atom. The number of rotatable bonds is 3. The fourth-order valence-electron chi connectivity index (χ4n) is 1.88. The molecule has 3 aromatic rings. The summed E-state index contributed by atoms with van der Waals surface area (Å²) < 4.78 is 0. The minimum Gasteiger partial charge on any atom is -0.378 e.